The van der Waals surface area contributed by atoms with E-state index in [1.807, 2.05) is 12.1 Å². The SMILES string of the molecule is C=CCCc1cc(F)c2cc(C3CCC4CC(C)CCC4C3)c(F)cc2c1. The lowest BCUT2D eigenvalue weighted by Crippen LogP contribution is -2.29. The molecule has 0 spiro atoms. The van der Waals surface area contributed by atoms with Crippen LogP contribution in [0, 0.1) is 29.4 Å². The van der Waals surface area contributed by atoms with Crippen LogP contribution in [0.25, 0.3) is 10.8 Å². The molecule has 2 aliphatic rings. The third-order valence-electron chi connectivity index (χ3n) is 7.03. The Bertz CT molecular complexity index is 838. The summed E-state index contributed by atoms with van der Waals surface area (Å²) in [5, 5.41) is 1.24. The van der Waals surface area contributed by atoms with E-state index in [2.05, 4.69) is 13.5 Å². The van der Waals surface area contributed by atoms with Crippen LogP contribution in [0.5, 0.6) is 0 Å². The fourth-order valence-corrected chi connectivity index (χ4v) is 5.55. The Morgan fingerprint density at radius 2 is 1.74 bits per heavy atom. The Balaban J connectivity index is 1.61. The first kappa shape index (κ1) is 18.7. The monoisotopic (exact) mass is 368 g/mol. The van der Waals surface area contributed by atoms with Crippen molar-refractivity contribution in [3.05, 3.63) is 59.7 Å². The predicted molar refractivity (Wildman–Crippen MR) is 109 cm³/mol. The van der Waals surface area contributed by atoms with E-state index >= 15 is 0 Å². The minimum Gasteiger partial charge on any atom is -0.207 e. The van der Waals surface area contributed by atoms with E-state index in [1.165, 1.54) is 25.7 Å². The van der Waals surface area contributed by atoms with E-state index in [-0.39, 0.29) is 17.6 Å². The molecule has 0 bridgehead atoms. The van der Waals surface area contributed by atoms with Crippen molar-refractivity contribution in [3.8, 4) is 0 Å². The highest BCUT2D eigenvalue weighted by Crippen LogP contribution is 2.48. The topological polar surface area (TPSA) is 0 Å². The van der Waals surface area contributed by atoms with Gasteiger partial charge in [-0.1, -0.05) is 25.5 Å². The van der Waals surface area contributed by atoms with Gasteiger partial charge >= 0.3 is 0 Å². The zero-order chi connectivity index (χ0) is 19.0. The van der Waals surface area contributed by atoms with Crippen LogP contribution >= 0.6 is 0 Å². The van der Waals surface area contributed by atoms with Gasteiger partial charge in [-0.2, -0.15) is 0 Å². The summed E-state index contributed by atoms with van der Waals surface area (Å²) in [6, 6.07) is 6.88. The lowest BCUT2D eigenvalue weighted by Gasteiger charge is -2.41. The Morgan fingerprint density at radius 3 is 2.56 bits per heavy atom. The Morgan fingerprint density at radius 1 is 0.963 bits per heavy atom. The first-order valence-corrected chi connectivity index (χ1v) is 10.6. The van der Waals surface area contributed by atoms with Crippen molar-refractivity contribution >= 4 is 10.8 Å². The first-order valence-electron chi connectivity index (χ1n) is 10.6. The zero-order valence-corrected chi connectivity index (χ0v) is 16.3. The van der Waals surface area contributed by atoms with E-state index in [9.17, 15) is 8.78 Å². The van der Waals surface area contributed by atoms with E-state index in [0.29, 0.717) is 10.8 Å². The van der Waals surface area contributed by atoms with Gasteiger partial charge in [-0.15, -0.1) is 6.58 Å². The molecule has 0 amide bonds. The summed E-state index contributed by atoms with van der Waals surface area (Å²) in [4.78, 5) is 0. The Kier molecular flexibility index (Phi) is 5.34. The predicted octanol–water partition coefficient (Wildman–Crippen LogP) is 7.56. The molecular formula is C25H30F2. The normalized spacial score (nSPS) is 28.1. The third-order valence-corrected chi connectivity index (χ3v) is 7.03. The second-order valence-electron chi connectivity index (χ2n) is 8.95. The number of hydrogen-bond donors (Lipinski definition) is 0. The summed E-state index contributed by atoms with van der Waals surface area (Å²) >= 11 is 0. The highest BCUT2D eigenvalue weighted by atomic mass is 19.1. The second-order valence-corrected chi connectivity index (χ2v) is 8.95. The molecule has 2 aliphatic carbocycles. The van der Waals surface area contributed by atoms with Crippen molar-refractivity contribution in [1.82, 2.24) is 0 Å². The molecule has 2 saturated carbocycles. The first-order chi connectivity index (χ1) is 13.0. The van der Waals surface area contributed by atoms with Crippen molar-refractivity contribution in [1.29, 1.82) is 0 Å². The quantitative estimate of drug-likeness (QED) is 0.489. The van der Waals surface area contributed by atoms with Crippen molar-refractivity contribution in [3.63, 3.8) is 0 Å². The van der Waals surface area contributed by atoms with E-state index in [4.69, 9.17) is 0 Å². The van der Waals surface area contributed by atoms with Gasteiger partial charge in [-0.05, 0) is 103 Å². The van der Waals surface area contributed by atoms with Crippen LogP contribution in [0.15, 0.2) is 36.9 Å². The highest BCUT2D eigenvalue weighted by molar-refractivity contribution is 5.85. The van der Waals surface area contributed by atoms with Crippen LogP contribution in [0.4, 0.5) is 8.78 Å². The second kappa shape index (κ2) is 7.73. The summed E-state index contributed by atoms with van der Waals surface area (Å²) in [5.41, 5.74) is 1.64. The Labute approximate surface area is 161 Å². The molecule has 0 heterocycles. The van der Waals surface area contributed by atoms with Gasteiger partial charge in [0, 0.05) is 5.39 Å². The number of halogens is 2. The zero-order valence-electron chi connectivity index (χ0n) is 16.3. The Hall–Kier alpha value is -1.70. The summed E-state index contributed by atoms with van der Waals surface area (Å²) in [5.74, 6) is 2.23. The molecule has 0 radical (unpaired) electrons. The van der Waals surface area contributed by atoms with Crippen molar-refractivity contribution in [2.75, 3.05) is 0 Å². The maximum atomic E-state index is 15.0. The minimum atomic E-state index is -0.229. The van der Waals surface area contributed by atoms with Crippen LogP contribution in [0.1, 0.15) is 68.9 Å². The van der Waals surface area contributed by atoms with Gasteiger partial charge in [0.25, 0.3) is 0 Å². The van der Waals surface area contributed by atoms with E-state index in [1.54, 1.807) is 18.2 Å². The molecule has 0 aliphatic heterocycles. The number of hydrogen-bond acceptors (Lipinski definition) is 0. The van der Waals surface area contributed by atoms with Crippen molar-refractivity contribution < 1.29 is 8.78 Å². The van der Waals surface area contributed by atoms with E-state index in [0.717, 1.165) is 54.6 Å². The van der Waals surface area contributed by atoms with Crippen molar-refractivity contribution in [2.45, 2.75) is 64.2 Å². The molecule has 2 aromatic carbocycles. The smallest absolute Gasteiger partial charge is 0.131 e. The van der Waals surface area contributed by atoms with Gasteiger partial charge < -0.3 is 0 Å². The van der Waals surface area contributed by atoms with Crippen LogP contribution in [-0.4, -0.2) is 0 Å². The van der Waals surface area contributed by atoms with Crippen LogP contribution in [0.3, 0.4) is 0 Å². The average Bonchev–Trinajstić information content (AvgIpc) is 2.65. The standard InChI is InChI=1S/C25H30F2/c1-3-4-5-17-11-21-14-25(27)22(15-23(21)24(26)12-17)20-9-8-18-10-16(2)6-7-19(18)13-20/h3,11-12,14-16,18-20H,1,4-10,13H2,2H3. The number of benzene rings is 2. The number of fused-ring (bicyclic) bond motifs is 2. The van der Waals surface area contributed by atoms with Crippen LogP contribution in [-0.2, 0) is 6.42 Å². The maximum absolute atomic E-state index is 15.0. The van der Waals surface area contributed by atoms with Gasteiger partial charge in [0.2, 0.25) is 0 Å². The third kappa shape index (κ3) is 3.81. The fourth-order valence-electron chi connectivity index (χ4n) is 5.55. The largest absolute Gasteiger partial charge is 0.207 e. The summed E-state index contributed by atoms with van der Waals surface area (Å²) in [7, 11) is 0. The molecule has 4 unspecified atom stereocenters. The van der Waals surface area contributed by atoms with Gasteiger partial charge in [-0.3, -0.25) is 0 Å². The summed E-state index contributed by atoms with van der Waals surface area (Å²) < 4.78 is 29.7. The molecule has 2 aromatic rings. The van der Waals surface area contributed by atoms with E-state index < -0.39 is 0 Å². The minimum absolute atomic E-state index is 0.157. The van der Waals surface area contributed by atoms with Crippen molar-refractivity contribution in [2.24, 2.45) is 17.8 Å². The number of allylic oxidation sites excluding steroid dienone is 1. The fraction of sp³-hybridized carbons (Fsp3) is 0.520. The van der Waals surface area contributed by atoms with Gasteiger partial charge in [0.1, 0.15) is 11.6 Å². The molecule has 0 aromatic heterocycles. The molecule has 27 heavy (non-hydrogen) atoms. The number of rotatable bonds is 4. The summed E-state index contributed by atoms with van der Waals surface area (Å²) in [6.45, 7) is 6.08. The molecule has 144 valence electrons. The molecule has 2 heteroatoms. The van der Waals surface area contributed by atoms with Gasteiger partial charge in [-0.25, -0.2) is 8.78 Å². The molecule has 4 atom stereocenters. The lowest BCUT2D eigenvalue weighted by atomic mass is 9.64. The van der Waals surface area contributed by atoms with Crippen LogP contribution in [0.2, 0.25) is 0 Å². The molecule has 0 saturated heterocycles. The lowest BCUT2D eigenvalue weighted by molar-refractivity contribution is 0.124. The molecule has 0 nitrogen and oxygen atoms in total. The molecule has 2 fully saturated rings. The van der Waals surface area contributed by atoms with Gasteiger partial charge in [0.15, 0.2) is 0 Å². The maximum Gasteiger partial charge on any atom is 0.131 e. The molecule has 4 rings (SSSR count). The summed E-state index contributed by atoms with van der Waals surface area (Å²) in [6.07, 6.45) is 10.6. The van der Waals surface area contributed by atoms with Gasteiger partial charge in [0.05, 0.1) is 0 Å². The number of aryl methyl sites for hydroxylation is 1. The average molecular weight is 369 g/mol. The van der Waals surface area contributed by atoms with Crippen LogP contribution < -0.4 is 0 Å². The highest BCUT2D eigenvalue weighted by Gasteiger charge is 2.35. The molecule has 0 N–H and O–H groups in total. The molecular weight excluding hydrogens is 338 g/mol.